The zero-order chi connectivity index (χ0) is 20.1. The summed E-state index contributed by atoms with van der Waals surface area (Å²) < 4.78 is 21.4. The van der Waals surface area contributed by atoms with Crippen LogP contribution in [-0.2, 0) is 19.6 Å². The van der Waals surface area contributed by atoms with E-state index in [4.69, 9.17) is 24.7 Å². The van der Waals surface area contributed by atoms with Gasteiger partial charge in [0.25, 0.3) is 5.91 Å². The number of ether oxygens (including phenoxy) is 4. The second-order valence-electron chi connectivity index (χ2n) is 7.05. The first-order chi connectivity index (χ1) is 12.9. The van der Waals surface area contributed by atoms with Gasteiger partial charge in [-0.15, -0.1) is 0 Å². The summed E-state index contributed by atoms with van der Waals surface area (Å²) in [6, 6.07) is 5.54. The van der Waals surface area contributed by atoms with Crippen molar-refractivity contribution in [1.29, 1.82) is 0 Å². The number of carbonyl (C=O) groups is 1. The average molecular weight is 383 g/mol. The summed E-state index contributed by atoms with van der Waals surface area (Å²) in [4.78, 5) is 12.3. The molecule has 1 aromatic carbocycles. The highest BCUT2D eigenvalue weighted by atomic mass is 16.5. The minimum Gasteiger partial charge on any atom is -0.496 e. The fraction of sp³-hybridized carbons (Fsp3) is 0.650. The van der Waals surface area contributed by atoms with E-state index < -0.39 is 0 Å². The van der Waals surface area contributed by atoms with Gasteiger partial charge in [-0.3, -0.25) is 4.79 Å². The van der Waals surface area contributed by atoms with Gasteiger partial charge in [0.05, 0.1) is 46.8 Å². The largest absolute Gasteiger partial charge is 0.496 e. The Bertz CT molecular complexity index is 558. The predicted octanol–water partition coefficient (Wildman–Crippen LogP) is 1.73. The first-order valence-electron chi connectivity index (χ1n) is 9.30. The van der Waals surface area contributed by atoms with Crippen molar-refractivity contribution in [1.82, 2.24) is 5.32 Å². The smallest absolute Gasteiger partial charge is 0.251 e. The van der Waals surface area contributed by atoms with E-state index in [1.165, 1.54) is 0 Å². The van der Waals surface area contributed by atoms with E-state index in [1.807, 2.05) is 12.1 Å². The van der Waals surface area contributed by atoms with Crippen LogP contribution in [0.15, 0.2) is 18.2 Å². The molecule has 1 aromatic rings. The zero-order valence-corrected chi connectivity index (χ0v) is 17.0. The summed E-state index contributed by atoms with van der Waals surface area (Å²) in [5, 5.41) is 2.84. The molecule has 1 rings (SSSR count). The van der Waals surface area contributed by atoms with Crippen molar-refractivity contribution in [2.75, 3.05) is 59.8 Å². The quantitative estimate of drug-likeness (QED) is 0.505. The summed E-state index contributed by atoms with van der Waals surface area (Å²) in [7, 11) is 1.62. The Hall–Kier alpha value is -1.67. The SMILES string of the molecule is COc1cc(C(=O)NCCOCCOCCOCCN)ccc1C(C)(C)C. The maximum absolute atomic E-state index is 12.3. The third-order valence-electron chi connectivity index (χ3n) is 3.81. The summed E-state index contributed by atoms with van der Waals surface area (Å²) >= 11 is 0. The van der Waals surface area contributed by atoms with Gasteiger partial charge in [-0.25, -0.2) is 0 Å². The molecule has 1 amide bonds. The lowest BCUT2D eigenvalue weighted by Gasteiger charge is -2.22. The van der Waals surface area contributed by atoms with Crippen LogP contribution in [0.25, 0.3) is 0 Å². The molecule has 0 aliphatic rings. The standard InChI is InChI=1S/C20H34N2O5/c1-20(2,3)17-6-5-16(15-18(17)24-4)19(23)22-8-10-26-12-14-27-13-11-25-9-7-21/h5-6,15H,7-14,21H2,1-4H3,(H,22,23). The fourth-order valence-corrected chi connectivity index (χ4v) is 2.42. The fourth-order valence-electron chi connectivity index (χ4n) is 2.42. The van der Waals surface area contributed by atoms with Crippen LogP contribution in [0, 0.1) is 0 Å². The Balaban J connectivity index is 2.24. The maximum atomic E-state index is 12.3. The van der Waals surface area contributed by atoms with E-state index in [0.717, 1.165) is 11.3 Å². The van der Waals surface area contributed by atoms with E-state index in [1.54, 1.807) is 13.2 Å². The number of amides is 1. The van der Waals surface area contributed by atoms with Gasteiger partial charge in [0, 0.05) is 18.7 Å². The highest BCUT2D eigenvalue weighted by molar-refractivity contribution is 5.94. The van der Waals surface area contributed by atoms with Gasteiger partial charge >= 0.3 is 0 Å². The summed E-state index contributed by atoms with van der Waals surface area (Å²) in [6.07, 6.45) is 0. The Morgan fingerprint density at radius 2 is 1.59 bits per heavy atom. The number of carbonyl (C=O) groups excluding carboxylic acids is 1. The third-order valence-corrected chi connectivity index (χ3v) is 3.81. The molecule has 0 heterocycles. The van der Waals surface area contributed by atoms with Crippen LogP contribution in [0.4, 0.5) is 0 Å². The van der Waals surface area contributed by atoms with E-state index in [9.17, 15) is 4.79 Å². The summed E-state index contributed by atoms with van der Waals surface area (Å²) in [5.74, 6) is 0.574. The van der Waals surface area contributed by atoms with E-state index in [0.29, 0.717) is 58.3 Å². The Morgan fingerprint density at radius 3 is 2.15 bits per heavy atom. The van der Waals surface area contributed by atoms with E-state index in [2.05, 4.69) is 26.1 Å². The minimum absolute atomic E-state index is 0.0488. The van der Waals surface area contributed by atoms with Gasteiger partial charge in [0.2, 0.25) is 0 Å². The first kappa shape index (κ1) is 23.4. The maximum Gasteiger partial charge on any atom is 0.251 e. The lowest BCUT2D eigenvalue weighted by atomic mass is 9.85. The van der Waals surface area contributed by atoms with Crippen molar-refractivity contribution in [2.45, 2.75) is 26.2 Å². The molecular weight excluding hydrogens is 348 g/mol. The summed E-state index contributed by atoms with van der Waals surface area (Å²) in [6.45, 7) is 10.3. The number of benzene rings is 1. The van der Waals surface area contributed by atoms with Crippen molar-refractivity contribution in [3.8, 4) is 5.75 Å². The third kappa shape index (κ3) is 9.19. The van der Waals surface area contributed by atoms with Gasteiger partial charge in [0.1, 0.15) is 5.75 Å². The molecule has 0 fully saturated rings. The molecule has 0 aliphatic heterocycles. The highest BCUT2D eigenvalue weighted by Crippen LogP contribution is 2.31. The molecule has 3 N–H and O–H groups in total. The lowest BCUT2D eigenvalue weighted by Crippen LogP contribution is -2.28. The first-order valence-corrected chi connectivity index (χ1v) is 9.30. The van der Waals surface area contributed by atoms with Crippen LogP contribution in [-0.4, -0.2) is 65.7 Å². The monoisotopic (exact) mass is 382 g/mol. The van der Waals surface area contributed by atoms with Gasteiger partial charge in [-0.05, 0) is 23.1 Å². The molecule has 0 radical (unpaired) electrons. The van der Waals surface area contributed by atoms with Crippen molar-refractivity contribution >= 4 is 5.91 Å². The van der Waals surface area contributed by atoms with E-state index in [-0.39, 0.29) is 11.3 Å². The van der Waals surface area contributed by atoms with Crippen molar-refractivity contribution in [3.05, 3.63) is 29.3 Å². The Labute approximate surface area is 162 Å². The molecule has 0 atom stereocenters. The summed E-state index contributed by atoms with van der Waals surface area (Å²) in [5.41, 5.74) is 6.90. The highest BCUT2D eigenvalue weighted by Gasteiger charge is 2.20. The number of hydrogen-bond acceptors (Lipinski definition) is 6. The molecule has 27 heavy (non-hydrogen) atoms. The lowest BCUT2D eigenvalue weighted by molar-refractivity contribution is 0.0166. The molecule has 0 aliphatic carbocycles. The van der Waals surface area contributed by atoms with Gasteiger partial charge in [-0.1, -0.05) is 26.8 Å². The van der Waals surface area contributed by atoms with Gasteiger partial charge in [0.15, 0.2) is 0 Å². The van der Waals surface area contributed by atoms with Crippen LogP contribution >= 0.6 is 0 Å². The Morgan fingerprint density at radius 1 is 1.00 bits per heavy atom. The Kier molecular flexibility index (Phi) is 11.0. The van der Waals surface area contributed by atoms with Crippen LogP contribution in [0.2, 0.25) is 0 Å². The number of nitrogens with two attached hydrogens (primary N) is 1. The minimum atomic E-state index is -0.148. The molecule has 0 spiro atoms. The van der Waals surface area contributed by atoms with Crippen LogP contribution < -0.4 is 15.8 Å². The normalized spacial score (nSPS) is 11.4. The molecule has 0 saturated heterocycles. The number of hydrogen-bond donors (Lipinski definition) is 2. The van der Waals surface area contributed by atoms with Crippen LogP contribution in [0.1, 0.15) is 36.7 Å². The molecule has 0 bridgehead atoms. The van der Waals surface area contributed by atoms with Crippen LogP contribution in [0.5, 0.6) is 5.75 Å². The molecule has 0 aromatic heterocycles. The number of rotatable bonds is 13. The van der Waals surface area contributed by atoms with Crippen molar-refractivity contribution < 1.29 is 23.7 Å². The average Bonchev–Trinajstić information content (AvgIpc) is 2.64. The topological polar surface area (TPSA) is 92.0 Å². The molecule has 0 saturated carbocycles. The second kappa shape index (κ2) is 12.7. The molecule has 7 heteroatoms. The van der Waals surface area contributed by atoms with Crippen molar-refractivity contribution in [2.24, 2.45) is 5.73 Å². The molecular formula is C20H34N2O5. The van der Waals surface area contributed by atoms with Crippen molar-refractivity contribution in [3.63, 3.8) is 0 Å². The second-order valence-corrected chi connectivity index (χ2v) is 7.05. The zero-order valence-electron chi connectivity index (χ0n) is 17.0. The predicted molar refractivity (Wildman–Crippen MR) is 106 cm³/mol. The van der Waals surface area contributed by atoms with Crippen LogP contribution in [0.3, 0.4) is 0 Å². The molecule has 7 nitrogen and oxygen atoms in total. The van der Waals surface area contributed by atoms with Gasteiger partial charge < -0.3 is 30.0 Å². The molecule has 154 valence electrons. The molecule has 0 unspecified atom stereocenters. The van der Waals surface area contributed by atoms with E-state index >= 15 is 0 Å². The van der Waals surface area contributed by atoms with Gasteiger partial charge in [-0.2, -0.15) is 0 Å². The number of methoxy groups -OCH3 is 1. The number of nitrogens with one attached hydrogen (secondary N) is 1.